The number of aliphatic hydroxyl groups excluding tert-OH is 1. The molecule has 0 spiro atoms. The highest BCUT2D eigenvalue weighted by molar-refractivity contribution is 5.90. The van der Waals surface area contributed by atoms with Crippen molar-refractivity contribution in [3.63, 3.8) is 0 Å². The van der Waals surface area contributed by atoms with Gasteiger partial charge in [0.05, 0.1) is 11.8 Å². The highest BCUT2D eigenvalue weighted by Gasteiger charge is 2.51. The van der Waals surface area contributed by atoms with E-state index in [2.05, 4.69) is 5.16 Å². The smallest absolute Gasteiger partial charge is 0.0658 e. The Bertz CT molecular complexity index is 264. The predicted octanol–water partition coefficient (Wildman–Crippen LogP) is 1.24. The van der Waals surface area contributed by atoms with Gasteiger partial charge in [0.15, 0.2) is 0 Å². The quantitative estimate of drug-likeness (QED) is 0.436. The minimum Gasteiger partial charge on any atom is -0.411 e. The van der Waals surface area contributed by atoms with Gasteiger partial charge in [0, 0.05) is 11.8 Å². The first kappa shape index (κ1) is 7.80. The SMILES string of the molecule is O/N=C1\[C@@H]2C[C@H]3C[C@H](C2)[C@H](O)[C@H]1C3. The number of hydrogen-bond acceptors (Lipinski definition) is 3. The molecule has 0 aromatic rings. The van der Waals surface area contributed by atoms with Gasteiger partial charge in [-0.3, -0.25) is 0 Å². The van der Waals surface area contributed by atoms with E-state index in [0.29, 0.717) is 11.8 Å². The Balaban J connectivity index is 1.98. The molecule has 0 aliphatic heterocycles. The first-order chi connectivity index (χ1) is 6.29. The third-order valence-electron chi connectivity index (χ3n) is 4.24. The lowest BCUT2D eigenvalue weighted by Gasteiger charge is -2.52. The van der Waals surface area contributed by atoms with Gasteiger partial charge in [0.25, 0.3) is 0 Å². The van der Waals surface area contributed by atoms with Crippen LogP contribution < -0.4 is 0 Å². The minimum atomic E-state index is -0.223. The van der Waals surface area contributed by atoms with Crippen LogP contribution in [0.25, 0.3) is 0 Å². The Labute approximate surface area is 77.4 Å². The van der Waals surface area contributed by atoms with Crippen LogP contribution in [0.2, 0.25) is 0 Å². The summed E-state index contributed by atoms with van der Waals surface area (Å²) < 4.78 is 0. The van der Waals surface area contributed by atoms with Crippen molar-refractivity contribution in [1.82, 2.24) is 0 Å². The second-order valence-corrected chi connectivity index (χ2v) is 4.89. The highest BCUT2D eigenvalue weighted by Crippen LogP contribution is 2.52. The summed E-state index contributed by atoms with van der Waals surface area (Å²) in [5, 5.41) is 22.2. The van der Waals surface area contributed by atoms with Crippen LogP contribution in [0.1, 0.15) is 25.7 Å². The molecule has 4 aliphatic rings. The molecule has 72 valence electrons. The second kappa shape index (κ2) is 2.47. The van der Waals surface area contributed by atoms with Gasteiger partial charge in [-0.1, -0.05) is 5.16 Å². The lowest BCUT2D eigenvalue weighted by molar-refractivity contribution is -0.0341. The fraction of sp³-hybridized carbons (Fsp3) is 0.900. The zero-order valence-corrected chi connectivity index (χ0v) is 7.56. The van der Waals surface area contributed by atoms with Gasteiger partial charge in [-0.25, -0.2) is 0 Å². The van der Waals surface area contributed by atoms with Crippen molar-refractivity contribution in [1.29, 1.82) is 0 Å². The van der Waals surface area contributed by atoms with Crippen molar-refractivity contribution in [3.8, 4) is 0 Å². The largest absolute Gasteiger partial charge is 0.411 e. The van der Waals surface area contributed by atoms with E-state index < -0.39 is 0 Å². The van der Waals surface area contributed by atoms with Gasteiger partial charge in [-0.2, -0.15) is 0 Å². The first-order valence-corrected chi connectivity index (χ1v) is 5.19. The van der Waals surface area contributed by atoms with Gasteiger partial charge in [-0.15, -0.1) is 0 Å². The molecule has 3 nitrogen and oxygen atoms in total. The summed E-state index contributed by atoms with van der Waals surface area (Å²) in [5.74, 6) is 1.95. The third kappa shape index (κ3) is 0.909. The lowest BCUT2D eigenvalue weighted by atomic mass is 9.54. The number of nitrogens with zero attached hydrogens (tertiary/aromatic N) is 1. The molecule has 0 aromatic carbocycles. The minimum absolute atomic E-state index is 0.182. The van der Waals surface area contributed by atoms with Gasteiger partial charge in [0.2, 0.25) is 0 Å². The van der Waals surface area contributed by atoms with Crippen LogP contribution >= 0.6 is 0 Å². The zero-order chi connectivity index (χ0) is 9.00. The van der Waals surface area contributed by atoms with Gasteiger partial charge in [0.1, 0.15) is 0 Å². The topological polar surface area (TPSA) is 52.8 Å². The lowest BCUT2D eigenvalue weighted by Crippen LogP contribution is -2.53. The van der Waals surface area contributed by atoms with Gasteiger partial charge >= 0.3 is 0 Å². The number of hydrogen-bond donors (Lipinski definition) is 2. The average Bonchev–Trinajstić information content (AvgIpc) is 2.13. The maximum Gasteiger partial charge on any atom is 0.0658 e. The van der Waals surface area contributed by atoms with Crippen molar-refractivity contribution >= 4 is 5.71 Å². The predicted molar refractivity (Wildman–Crippen MR) is 47.7 cm³/mol. The van der Waals surface area contributed by atoms with Crippen LogP contribution in [-0.2, 0) is 0 Å². The molecule has 4 bridgehead atoms. The van der Waals surface area contributed by atoms with Crippen LogP contribution in [0.15, 0.2) is 5.16 Å². The highest BCUT2D eigenvalue weighted by atomic mass is 16.4. The Hall–Kier alpha value is -0.570. The summed E-state index contributed by atoms with van der Waals surface area (Å²) in [5.41, 5.74) is 0.889. The fourth-order valence-electron chi connectivity index (χ4n) is 3.78. The van der Waals surface area contributed by atoms with E-state index in [0.717, 1.165) is 24.5 Å². The Morgan fingerprint density at radius 1 is 1.15 bits per heavy atom. The van der Waals surface area contributed by atoms with E-state index >= 15 is 0 Å². The molecule has 4 saturated carbocycles. The van der Waals surface area contributed by atoms with Crippen molar-refractivity contribution in [3.05, 3.63) is 0 Å². The first-order valence-electron chi connectivity index (χ1n) is 5.19. The molecule has 4 fully saturated rings. The van der Waals surface area contributed by atoms with Crippen molar-refractivity contribution < 1.29 is 10.3 Å². The second-order valence-electron chi connectivity index (χ2n) is 4.89. The van der Waals surface area contributed by atoms with Gasteiger partial charge < -0.3 is 10.3 Å². The molecule has 3 heteroatoms. The molecular formula is C10H15NO2. The zero-order valence-electron chi connectivity index (χ0n) is 7.56. The standard InChI is InChI=1S/C10H15NO2/c12-10-7-2-5-1-6(4-7)9(11-13)8(10)3-5/h5-8,10,12-13H,1-4H2/b11-9+/t5-,6+,7+,8-,10-/m0/s1. The molecule has 4 rings (SSSR count). The number of rotatable bonds is 0. The molecule has 2 N–H and O–H groups in total. The summed E-state index contributed by atoms with van der Waals surface area (Å²) in [4.78, 5) is 0. The van der Waals surface area contributed by atoms with Crippen LogP contribution in [0, 0.1) is 23.7 Å². The summed E-state index contributed by atoms with van der Waals surface area (Å²) in [6.07, 6.45) is 4.27. The summed E-state index contributed by atoms with van der Waals surface area (Å²) >= 11 is 0. The third-order valence-corrected chi connectivity index (χ3v) is 4.24. The number of oxime groups is 1. The molecule has 0 heterocycles. The summed E-state index contributed by atoms with van der Waals surface area (Å²) in [6, 6.07) is 0. The fourth-order valence-corrected chi connectivity index (χ4v) is 3.78. The van der Waals surface area contributed by atoms with E-state index in [1.54, 1.807) is 0 Å². The van der Waals surface area contributed by atoms with Crippen molar-refractivity contribution in [2.75, 3.05) is 0 Å². The van der Waals surface area contributed by atoms with Crippen LogP contribution in [0.4, 0.5) is 0 Å². The van der Waals surface area contributed by atoms with Crippen molar-refractivity contribution in [2.24, 2.45) is 28.8 Å². The molecule has 0 unspecified atom stereocenters. The van der Waals surface area contributed by atoms with Crippen molar-refractivity contribution in [2.45, 2.75) is 31.8 Å². The summed E-state index contributed by atoms with van der Waals surface area (Å²) in [7, 11) is 0. The summed E-state index contributed by atoms with van der Waals surface area (Å²) in [6.45, 7) is 0. The molecular weight excluding hydrogens is 166 g/mol. The van der Waals surface area contributed by atoms with E-state index in [1.165, 1.54) is 12.8 Å². The van der Waals surface area contributed by atoms with E-state index in [9.17, 15) is 5.11 Å². The molecule has 5 atom stereocenters. The van der Waals surface area contributed by atoms with E-state index in [1.807, 2.05) is 0 Å². The molecule has 0 aromatic heterocycles. The Morgan fingerprint density at radius 2 is 2.00 bits per heavy atom. The van der Waals surface area contributed by atoms with Crippen LogP contribution in [0.5, 0.6) is 0 Å². The average molecular weight is 181 g/mol. The monoisotopic (exact) mass is 181 g/mol. The Kier molecular flexibility index (Phi) is 1.48. The normalized spacial score (nSPS) is 56.1. The molecule has 0 amide bonds. The number of aliphatic hydroxyl groups is 1. The van der Waals surface area contributed by atoms with Crippen LogP contribution in [0.3, 0.4) is 0 Å². The molecule has 0 radical (unpaired) electrons. The van der Waals surface area contributed by atoms with Gasteiger partial charge in [-0.05, 0) is 37.5 Å². The maximum absolute atomic E-state index is 9.94. The molecule has 0 saturated heterocycles. The molecule has 13 heavy (non-hydrogen) atoms. The molecule has 4 aliphatic carbocycles. The maximum atomic E-state index is 9.94. The van der Waals surface area contributed by atoms with E-state index in [-0.39, 0.29) is 12.0 Å². The van der Waals surface area contributed by atoms with E-state index in [4.69, 9.17) is 5.21 Å². The van der Waals surface area contributed by atoms with Crippen LogP contribution in [-0.4, -0.2) is 22.1 Å². The Morgan fingerprint density at radius 3 is 2.77 bits per heavy atom.